The van der Waals surface area contributed by atoms with E-state index in [-0.39, 0.29) is 0 Å². The van der Waals surface area contributed by atoms with Crippen LogP contribution in [-0.2, 0) is 16.0 Å². The predicted octanol–water partition coefficient (Wildman–Crippen LogP) is 4.69. The van der Waals surface area contributed by atoms with Crippen molar-refractivity contribution in [1.82, 2.24) is 0 Å². The normalized spacial score (nSPS) is 14.6. The molecule has 0 aromatic rings. The van der Waals surface area contributed by atoms with E-state index in [4.69, 9.17) is 16.0 Å². The predicted molar refractivity (Wildman–Crippen MR) is 69.6 cm³/mol. The molecule has 0 bridgehead atoms. The first-order valence-corrected chi connectivity index (χ1v) is 8.28. The van der Waals surface area contributed by atoms with Gasteiger partial charge >= 0.3 is 58.0 Å². The fourth-order valence-corrected chi connectivity index (χ4v) is 3.18. The summed E-state index contributed by atoms with van der Waals surface area (Å²) in [4.78, 5) is 0. The van der Waals surface area contributed by atoms with Crippen LogP contribution in [0.1, 0.15) is 40.5 Å². The van der Waals surface area contributed by atoms with Crippen molar-refractivity contribution in [2.24, 2.45) is 0 Å². The standard InChI is InChI=1S/C7H9.C6H15P.Cu/c1-2-7-5-3-4-6-7;1-4-7(5-2)6-3;/h3,5H,2,4H2,1H3;4-6H2,1-3H3;. The summed E-state index contributed by atoms with van der Waals surface area (Å²) in [5, 5.41) is 0. The van der Waals surface area contributed by atoms with Crippen LogP contribution in [0.15, 0.2) is 22.2 Å². The fourth-order valence-electron chi connectivity index (χ4n) is 1.48. The summed E-state index contributed by atoms with van der Waals surface area (Å²) < 4.78 is 1.11. The molecular weight excluding hydrogens is 251 g/mol. The molecule has 92 valence electrons. The first kappa shape index (κ1) is 15.4. The molecule has 0 unspecified atom stereocenters. The minimum atomic E-state index is 0.446. The molecule has 0 radical (unpaired) electrons. The molecule has 1 aliphatic carbocycles. The van der Waals surface area contributed by atoms with Crippen molar-refractivity contribution in [2.75, 3.05) is 18.5 Å². The van der Waals surface area contributed by atoms with E-state index in [1.165, 1.54) is 24.1 Å². The van der Waals surface area contributed by atoms with Gasteiger partial charge in [-0.25, -0.2) is 0 Å². The Balaban J connectivity index is 0.000000265. The quantitative estimate of drug-likeness (QED) is 0.516. The summed E-state index contributed by atoms with van der Waals surface area (Å²) in [6.07, 6.45) is 10.6. The second kappa shape index (κ2) is 9.64. The molecule has 0 amide bonds. The number of hydrogen-bond donors (Lipinski definition) is 0. The zero-order valence-corrected chi connectivity index (χ0v) is 12.3. The molecule has 0 nitrogen and oxygen atoms in total. The minimum absolute atomic E-state index is 0.446. The summed E-state index contributed by atoms with van der Waals surface area (Å²) >= 11 is 5.18. The molecule has 0 aromatic heterocycles. The van der Waals surface area contributed by atoms with Crippen LogP contribution in [-0.4, -0.2) is 18.5 Å². The summed E-state index contributed by atoms with van der Waals surface area (Å²) in [5.74, 6) is 0. The van der Waals surface area contributed by atoms with Crippen LogP contribution in [0.5, 0.6) is 0 Å². The van der Waals surface area contributed by atoms with Crippen molar-refractivity contribution < 1.29 is 16.0 Å². The van der Waals surface area contributed by atoms with Crippen LogP contribution >= 0.6 is 7.92 Å². The largest absolute Gasteiger partial charge is 0.108 e. The van der Waals surface area contributed by atoms with Gasteiger partial charge in [-0.3, -0.25) is 0 Å². The Morgan fingerprint density at radius 1 is 1.13 bits per heavy atom. The van der Waals surface area contributed by atoms with Gasteiger partial charge in [0.2, 0.25) is 0 Å². The van der Waals surface area contributed by atoms with Gasteiger partial charge in [0.25, 0.3) is 0 Å². The maximum atomic E-state index is 5.18. The molecule has 0 aromatic carbocycles. The first-order valence-electron chi connectivity index (χ1n) is 5.92. The number of allylic oxidation sites excluding steroid dienone is 4. The summed E-state index contributed by atoms with van der Waals surface area (Å²) in [5.41, 5.74) is 1.34. The SMILES string of the molecule is CCC1=[C]([Cu])CC=C1.CCP(CC)CC. The molecule has 15 heavy (non-hydrogen) atoms. The number of hydrogen-bond acceptors (Lipinski definition) is 0. The third kappa shape index (κ3) is 6.56. The van der Waals surface area contributed by atoms with E-state index in [0.717, 1.165) is 17.3 Å². The van der Waals surface area contributed by atoms with Crippen LogP contribution in [0.4, 0.5) is 0 Å². The van der Waals surface area contributed by atoms with Gasteiger partial charge in [-0.1, -0.05) is 20.8 Å². The van der Waals surface area contributed by atoms with Crippen molar-refractivity contribution in [3.05, 3.63) is 22.2 Å². The molecule has 0 aliphatic heterocycles. The van der Waals surface area contributed by atoms with E-state index in [0.29, 0.717) is 7.92 Å². The van der Waals surface area contributed by atoms with Crippen molar-refractivity contribution in [1.29, 1.82) is 0 Å². The number of rotatable bonds is 4. The van der Waals surface area contributed by atoms with Crippen LogP contribution < -0.4 is 0 Å². The average molecular weight is 275 g/mol. The molecule has 0 saturated heterocycles. The van der Waals surface area contributed by atoms with Crippen LogP contribution in [0.3, 0.4) is 0 Å². The Bertz CT molecular complexity index is 209. The Morgan fingerprint density at radius 3 is 1.80 bits per heavy atom. The third-order valence-corrected chi connectivity index (χ3v) is 5.82. The Labute approximate surface area is 105 Å². The summed E-state index contributed by atoms with van der Waals surface area (Å²) in [6, 6.07) is 0. The third-order valence-electron chi connectivity index (χ3n) is 2.65. The molecule has 1 aliphatic rings. The fraction of sp³-hybridized carbons (Fsp3) is 0.692. The van der Waals surface area contributed by atoms with Gasteiger partial charge in [0.05, 0.1) is 0 Å². The molecule has 0 atom stereocenters. The van der Waals surface area contributed by atoms with Gasteiger partial charge in [-0.05, 0) is 18.5 Å². The van der Waals surface area contributed by atoms with Crippen LogP contribution in [0.2, 0.25) is 0 Å². The van der Waals surface area contributed by atoms with Gasteiger partial charge in [-0.15, -0.1) is 7.92 Å². The van der Waals surface area contributed by atoms with Gasteiger partial charge in [0.15, 0.2) is 0 Å². The van der Waals surface area contributed by atoms with Crippen molar-refractivity contribution in [3.8, 4) is 0 Å². The smallest absolute Gasteiger partial charge is 0.0355 e. The van der Waals surface area contributed by atoms with Crippen molar-refractivity contribution >= 4 is 7.92 Å². The molecule has 0 saturated carbocycles. The average Bonchev–Trinajstić information content (AvgIpc) is 2.67. The van der Waals surface area contributed by atoms with Gasteiger partial charge < -0.3 is 0 Å². The molecule has 0 spiro atoms. The molecule has 1 rings (SSSR count). The topological polar surface area (TPSA) is 0 Å². The monoisotopic (exact) mass is 274 g/mol. The maximum Gasteiger partial charge on any atom is -0.0355 e. The van der Waals surface area contributed by atoms with Crippen molar-refractivity contribution in [3.63, 3.8) is 0 Å². The summed E-state index contributed by atoms with van der Waals surface area (Å²) in [7, 11) is 0.446. The zero-order chi connectivity index (χ0) is 11.7. The Hall–Kier alpha value is 0.429. The van der Waals surface area contributed by atoms with E-state index in [2.05, 4.69) is 39.8 Å². The molecule has 2 heteroatoms. The van der Waals surface area contributed by atoms with Gasteiger partial charge in [-0.2, -0.15) is 0 Å². The van der Waals surface area contributed by atoms with E-state index in [1.807, 2.05) is 0 Å². The van der Waals surface area contributed by atoms with Gasteiger partial charge in [0, 0.05) is 0 Å². The molecule has 0 heterocycles. The van der Waals surface area contributed by atoms with Crippen molar-refractivity contribution in [2.45, 2.75) is 40.5 Å². The Kier molecular flexibility index (Phi) is 9.92. The van der Waals surface area contributed by atoms with E-state index >= 15 is 0 Å². The molecule has 0 N–H and O–H groups in total. The van der Waals surface area contributed by atoms with E-state index in [9.17, 15) is 0 Å². The minimum Gasteiger partial charge on any atom is -0.108 e. The van der Waals surface area contributed by atoms with E-state index in [1.54, 1.807) is 0 Å². The zero-order valence-electron chi connectivity index (χ0n) is 10.4. The maximum absolute atomic E-state index is 5.18. The van der Waals surface area contributed by atoms with Gasteiger partial charge in [0.1, 0.15) is 0 Å². The van der Waals surface area contributed by atoms with Crippen LogP contribution in [0.25, 0.3) is 0 Å². The first-order chi connectivity index (χ1) is 7.19. The Morgan fingerprint density at radius 2 is 1.67 bits per heavy atom. The molecule has 0 fully saturated rings. The van der Waals surface area contributed by atoms with E-state index < -0.39 is 0 Å². The second-order valence-corrected chi connectivity index (χ2v) is 7.27. The van der Waals surface area contributed by atoms with Crippen LogP contribution in [0, 0.1) is 0 Å². The second-order valence-electron chi connectivity index (χ2n) is 3.46. The molecular formula is C13H24CuP. The summed E-state index contributed by atoms with van der Waals surface area (Å²) in [6.45, 7) is 9.00.